The Morgan fingerprint density at radius 2 is 1.68 bits per heavy atom. The van der Waals surface area contributed by atoms with Crippen molar-refractivity contribution in [2.45, 2.75) is 153 Å². The average molecular weight is 547 g/mol. The van der Waals surface area contributed by atoms with E-state index in [-0.39, 0.29) is 0 Å². The van der Waals surface area contributed by atoms with Gasteiger partial charge in [-0.05, 0) is 114 Å². The zero-order chi connectivity index (χ0) is 29.8. The molecule has 0 heteroatoms. The Hall–Kier alpha value is -1.56. The van der Waals surface area contributed by atoms with Gasteiger partial charge in [0.05, 0.1) is 0 Å². The highest BCUT2D eigenvalue weighted by Crippen LogP contribution is 2.44. The van der Waals surface area contributed by atoms with Crippen molar-refractivity contribution in [3.63, 3.8) is 0 Å². The lowest BCUT2D eigenvalue weighted by molar-refractivity contribution is 0.192. The van der Waals surface area contributed by atoms with Crippen molar-refractivity contribution in [1.82, 2.24) is 0 Å². The van der Waals surface area contributed by atoms with Crippen LogP contribution in [0.4, 0.5) is 0 Å². The molecule has 0 aliphatic heterocycles. The quantitative estimate of drug-likeness (QED) is 0.141. The topological polar surface area (TPSA) is 0 Å². The molecule has 0 radical (unpaired) electrons. The van der Waals surface area contributed by atoms with E-state index in [2.05, 4.69) is 112 Å². The predicted octanol–water partition coefficient (Wildman–Crippen LogP) is 13.3. The summed E-state index contributed by atoms with van der Waals surface area (Å²) >= 11 is 0. The van der Waals surface area contributed by atoms with Crippen LogP contribution in [0, 0.1) is 28.6 Å². The number of rotatable bonds is 15. The monoisotopic (exact) mass is 547 g/mol. The van der Waals surface area contributed by atoms with Crippen LogP contribution >= 0.6 is 0 Å². The van der Waals surface area contributed by atoms with E-state index < -0.39 is 0 Å². The Kier molecular flexibility index (Phi) is 14.5. The molecule has 0 fully saturated rings. The first-order valence-electron chi connectivity index (χ1n) is 16.8. The third-order valence-corrected chi connectivity index (χ3v) is 10.3. The molecule has 0 spiro atoms. The van der Waals surface area contributed by atoms with E-state index in [1.165, 1.54) is 94.6 Å². The largest absolute Gasteiger partial charge is 0.0853 e. The van der Waals surface area contributed by atoms with Gasteiger partial charge in [0.25, 0.3) is 0 Å². The van der Waals surface area contributed by atoms with Crippen LogP contribution in [0.5, 0.6) is 0 Å². The molecule has 0 aromatic rings. The number of hydrogen-bond donors (Lipinski definition) is 0. The molecular formula is C40H66. The molecule has 0 heterocycles. The number of hydrogen-bond acceptors (Lipinski definition) is 0. The molecule has 0 aromatic heterocycles. The summed E-state index contributed by atoms with van der Waals surface area (Å²) in [6.45, 7) is 24.0. The molecule has 0 N–H and O–H groups in total. The van der Waals surface area contributed by atoms with Crippen LogP contribution in [0.1, 0.15) is 153 Å². The van der Waals surface area contributed by atoms with Gasteiger partial charge >= 0.3 is 0 Å². The van der Waals surface area contributed by atoms with Crippen LogP contribution in [0.2, 0.25) is 0 Å². The summed E-state index contributed by atoms with van der Waals surface area (Å²) in [5, 5.41) is 0. The lowest BCUT2D eigenvalue weighted by atomic mass is 9.66. The molecule has 0 aromatic carbocycles. The second kappa shape index (κ2) is 16.8. The first-order chi connectivity index (χ1) is 18.8. The van der Waals surface area contributed by atoms with Crippen molar-refractivity contribution in [2.75, 3.05) is 0 Å². The van der Waals surface area contributed by atoms with E-state index >= 15 is 0 Å². The Morgan fingerprint density at radius 1 is 0.950 bits per heavy atom. The van der Waals surface area contributed by atoms with Gasteiger partial charge in [0, 0.05) is 0 Å². The van der Waals surface area contributed by atoms with E-state index in [1.54, 1.807) is 16.7 Å². The smallest absolute Gasteiger partial charge is 0.0142 e. The lowest BCUT2D eigenvalue weighted by Crippen LogP contribution is -2.28. The highest BCUT2D eigenvalue weighted by molar-refractivity contribution is 5.27. The van der Waals surface area contributed by atoms with E-state index in [9.17, 15) is 0 Å². The normalized spacial score (nSPS) is 23.6. The lowest BCUT2D eigenvalue weighted by Gasteiger charge is -2.39. The van der Waals surface area contributed by atoms with Crippen molar-refractivity contribution in [3.8, 4) is 0 Å². The van der Waals surface area contributed by atoms with Gasteiger partial charge in [-0.3, -0.25) is 0 Å². The number of allylic oxidation sites excluding steroid dienone is 12. The van der Waals surface area contributed by atoms with Crippen LogP contribution in [-0.4, -0.2) is 0 Å². The fourth-order valence-electron chi connectivity index (χ4n) is 7.33. The zero-order valence-electron chi connectivity index (χ0n) is 28.5. The Bertz CT molecular complexity index is 954. The van der Waals surface area contributed by atoms with E-state index in [1.807, 2.05) is 0 Å². The zero-order valence-corrected chi connectivity index (χ0v) is 28.5. The van der Waals surface area contributed by atoms with Crippen molar-refractivity contribution in [1.29, 1.82) is 0 Å². The SMILES string of the molecule is CC1=CCCC(C)(C)[C@H]1CCC(C)CCCC(C)C/C=C/C=C(C)\C=C/C=C(\C)CCC1=C(C)CCCC1(C)C. The molecule has 0 bridgehead atoms. The van der Waals surface area contributed by atoms with Gasteiger partial charge in [0.15, 0.2) is 0 Å². The molecule has 0 saturated heterocycles. The summed E-state index contributed by atoms with van der Waals surface area (Å²) in [5.41, 5.74) is 8.69. The highest BCUT2D eigenvalue weighted by Gasteiger charge is 2.32. The summed E-state index contributed by atoms with van der Waals surface area (Å²) in [6, 6.07) is 0. The third-order valence-electron chi connectivity index (χ3n) is 10.3. The van der Waals surface area contributed by atoms with Gasteiger partial charge in [-0.1, -0.05) is 138 Å². The standard InChI is InChI=1S/C40H66/c1-31(19-13-21-33(3)25-27-37-35(5)23-15-29-39(37,7)8)17-11-12-18-32(2)20-14-22-34(4)26-28-38-36(6)24-16-30-40(38,9)10/h11-13,17,19,21,24,32,34,38H,14-16,18,20,22-23,25-30H2,1-10H3/b12-11+,19-13-,31-17-,33-21+/t32?,34?,38-/m0/s1. The van der Waals surface area contributed by atoms with Crippen LogP contribution in [-0.2, 0) is 0 Å². The first kappa shape index (κ1) is 34.6. The maximum atomic E-state index is 2.50. The molecule has 2 unspecified atom stereocenters. The molecule has 0 amide bonds. The van der Waals surface area contributed by atoms with Crippen LogP contribution in [0.15, 0.2) is 70.4 Å². The maximum Gasteiger partial charge on any atom is -0.0142 e. The van der Waals surface area contributed by atoms with E-state index in [4.69, 9.17) is 0 Å². The van der Waals surface area contributed by atoms with Crippen molar-refractivity contribution in [3.05, 3.63) is 70.4 Å². The van der Waals surface area contributed by atoms with Gasteiger partial charge < -0.3 is 0 Å². The summed E-state index contributed by atoms with van der Waals surface area (Å²) in [4.78, 5) is 0. The van der Waals surface area contributed by atoms with Gasteiger partial charge in [-0.2, -0.15) is 0 Å². The average Bonchev–Trinajstić information content (AvgIpc) is 2.85. The minimum atomic E-state index is 0.392. The second-order valence-corrected chi connectivity index (χ2v) is 15.2. The molecule has 2 rings (SSSR count). The molecule has 40 heavy (non-hydrogen) atoms. The fourth-order valence-corrected chi connectivity index (χ4v) is 7.33. The molecule has 226 valence electrons. The molecule has 3 atom stereocenters. The highest BCUT2D eigenvalue weighted by atomic mass is 14.4. The molecule has 2 aliphatic rings. The molecule has 0 saturated carbocycles. The van der Waals surface area contributed by atoms with Crippen molar-refractivity contribution < 1.29 is 0 Å². The third kappa shape index (κ3) is 12.1. The summed E-state index contributed by atoms with van der Waals surface area (Å²) in [5.74, 6) is 2.41. The van der Waals surface area contributed by atoms with Crippen molar-refractivity contribution >= 4 is 0 Å². The van der Waals surface area contributed by atoms with Crippen LogP contribution in [0.3, 0.4) is 0 Å². The summed E-state index contributed by atoms with van der Waals surface area (Å²) in [6.07, 6.45) is 33.3. The van der Waals surface area contributed by atoms with Crippen LogP contribution < -0.4 is 0 Å². The fraction of sp³-hybridized carbons (Fsp3) is 0.700. The maximum absolute atomic E-state index is 2.50. The van der Waals surface area contributed by atoms with Gasteiger partial charge in [-0.25, -0.2) is 0 Å². The van der Waals surface area contributed by atoms with Gasteiger partial charge in [-0.15, -0.1) is 0 Å². The van der Waals surface area contributed by atoms with Gasteiger partial charge in [0.2, 0.25) is 0 Å². The van der Waals surface area contributed by atoms with E-state index in [0.29, 0.717) is 10.8 Å². The second-order valence-electron chi connectivity index (χ2n) is 15.2. The predicted molar refractivity (Wildman–Crippen MR) is 182 cm³/mol. The minimum absolute atomic E-state index is 0.392. The Balaban J connectivity index is 1.64. The van der Waals surface area contributed by atoms with Crippen molar-refractivity contribution in [2.24, 2.45) is 28.6 Å². The van der Waals surface area contributed by atoms with Crippen LogP contribution in [0.25, 0.3) is 0 Å². The summed E-state index contributed by atoms with van der Waals surface area (Å²) in [7, 11) is 0. The molecule has 2 aliphatic carbocycles. The first-order valence-corrected chi connectivity index (χ1v) is 16.8. The summed E-state index contributed by atoms with van der Waals surface area (Å²) < 4.78 is 0. The molecular weight excluding hydrogens is 480 g/mol. The molecule has 0 nitrogen and oxygen atoms in total. The Labute approximate surface area is 251 Å². The van der Waals surface area contributed by atoms with E-state index in [0.717, 1.165) is 17.8 Å². The Morgan fingerprint density at radius 3 is 2.38 bits per heavy atom. The minimum Gasteiger partial charge on any atom is -0.0853 e. The van der Waals surface area contributed by atoms with Gasteiger partial charge in [0.1, 0.15) is 0 Å².